The van der Waals surface area contributed by atoms with E-state index in [1.807, 2.05) is 40.9 Å². The Morgan fingerprint density at radius 3 is 2.70 bits per heavy atom. The Balaban J connectivity index is 1.33. The molecule has 0 bridgehead atoms. The Labute approximate surface area is 191 Å². The fraction of sp³-hybridized carbons (Fsp3) is 0.304. The van der Waals surface area contributed by atoms with Gasteiger partial charge in [-0.05, 0) is 37.4 Å². The van der Waals surface area contributed by atoms with Gasteiger partial charge in [0.2, 0.25) is 5.95 Å². The van der Waals surface area contributed by atoms with E-state index in [-0.39, 0.29) is 11.9 Å². The van der Waals surface area contributed by atoms with Crippen molar-refractivity contribution in [1.29, 1.82) is 0 Å². The Morgan fingerprint density at radius 2 is 1.88 bits per heavy atom. The highest BCUT2D eigenvalue weighted by Gasteiger charge is 2.30. The summed E-state index contributed by atoms with van der Waals surface area (Å²) >= 11 is 0. The van der Waals surface area contributed by atoms with E-state index in [1.165, 1.54) is 0 Å². The summed E-state index contributed by atoms with van der Waals surface area (Å²) in [6.45, 7) is 2.87. The minimum Gasteiger partial charge on any atom is -0.352 e. The molecule has 4 aromatic heterocycles. The summed E-state index contributed by atoms with van der Waals surface area (Å²) in [5, 5.41) is 11.8. The maximum atomic E-state index is 12.8. The summed E-state index contributed by atoms with van der Waals surface area (Å²) in [7, 11) is 2.07. The van der Waals surface area contributed by atoms with Crippen molar-refractivity contribution < 1.29 is 4.79 Å². The van der Waals surface area contributed by atoms with Gasteiger partial charge in [0, 0.05) is 63.1 Å². The van der Waals surface area contributed by atoms with E-state index in [9.17, 15) is 4.79 Å². The highest BCUT2D eigenvalue weighted by molar-refractivity contribution is 5.94. The molecule has 0 saturated carbocycles. The Morgan fingerprint density at radius 1 is 1.03 bits per heavy atom. The Kier molecular flexibility index (Phi) is 5.90. The number of rotatable bonds is 6. The van der Waals surface area contributed by atoms with Gasteiger partial charge in [0.15, 0.2) is 11.5 Å². The van der Waals surface area contributed by atoms with Crippen LogP contribution in [0.3, 0.4) is 0 Å². The first-order chi connectivity index (χ1) is 16.2. The van der Waals surface area contributed by atoms with E-state index in [0.717, 1.165) is 24.6 Å². The molecule has 1 saturated heterocycles. The van der Waals surface area contributed by atoms with Crippen molar-refractivity contribution in [3.8, 4) is 0 Å². The Hall–Kier alpha value is -3.92. The largest absolute Gasteiger partial charge is 0.352 e. The molecular formula is C23H25N9O. The number of hydrogen-bond donors (Lipinski definition) is 1. The molecule has 33 heavy (non-hydrogen) atoms. The van der Waals surface area contributed by atoms with E-state index >= 15 is 0 Å². The number of carbonyl (C=O) groups is 1. The van der Waals surface area contributed by atoms with Gasteiger partial charge in [-0.25, -0.2) is 9.97 Å². The molecule has 0 aliphatic carbocycles. The van der Waals surface area contributed by atoms with E-state index in [2.05, 4.69) is 47.3 Å². The molecule has 0 radical (unpaired) electrons. The molecule has 0 spiro atoms. The van der Waals surface area contributed by atoms with Crippen molar-refractivity contribution in [3.63, 3.8) is 0 Å². The van der Waals surface area contributed by atoms with Gasteiger partial charge in [0.1, 0.15) is 0 Å². The average Bonchev–Trinajstić information content (AvgIpc) is 3.28. The third-order valence-corrected chi connectivity index (χ3v) is 5.86. The van der Waals surface area contributed by atoms with Gasteiger partial charge in [-0.3, -0.25) is 19.1 Å². The molecule has 1 N–H and O–H groups in total. The van der Waals surface area contributed by atoms with Crippen LogP contribution in [0.1, 0.15) is 27.9 Å². The van der Waals surface area contributed by atoms with Crippen LogP contribution in [0.2, 0.25) is 0 Å². The SMILES string of the molecule is CN1CCN(c2ncccn2)C[C@@H]1c1nnc2ccc(C(=O)NCCc3ccccn3)cn12. The summed E-state index contributed by atoms with van der Waals surface area (Å²) in [6.07, 6.45) is 7.75. The van der Waals surface area contributed by atoms with Crippen LogP contribution in [0.15, 0.2) is 61.2 Å². The molecule has 1 fully saturated rings. The number of likely N-dealkylation sites (N-methyl/N-ethyl adjacent to an activating group) is 1. The van der Waals surface area contributed by atoms with Gasteiger partial charge in [-0.15, -0.1) is 10.2 Å². The van der Waals surface area contributed by atoms with Crippen LogP contribution in [-0.2, 0) is 6.42 Å². The molecule has 4 aromatic rings. The highest BCUT2D eigenvalue weighted by Crippen LogP contribution is 2.25. The zero-order valence-electron chi connectivity index (χ0n) is 18.4. The monoisotopic (exact) mass is 443 g/mol. The molecule has 168 valence electrons. The molecule has 1 amide bonds. The molecule has 0 unspecified atom stereocenters. The summed E-state index contributed by atoms with van der Waals surface area (Å²) < 4.78 is 1.91. The van der Waals surface area contributed by atoms with E-state index in [4.69, 9.17) is 0 Å². The van der Waals surface area contributed by atoms with Crippen molar-refractivity contribution in [1.82, 2.24) is 39.8 Å². The first-order valence-electron chi connectivity index (χ1n) is 10.9. The number of amides is 1. The molecule has 0 aromatic carbocycles. The highest BCUT2D eigenvalue weighted by atomic mass is 16.1. The van der Waals surface area contributed by atoms with E-state index < -0.39 is 0 Å². The maximum absolute atomic E-state index is 12.8. The third kappa shape index (κ3) is 4.51. The van der Waals surface area contributed by atoms with Crippen molar-refractivity contribution in [2.24, 2.45) is 0 Å². The molecule has 1 aliphatic rings. The number of aromatic nitrogens is 6. The number of nitrogens with one attached hydrogen (secondary N) is 1. The van der Waals surface area contributed by atoms with Gasteiger partial charge in [-0.1, -0.05) is 6.07 Å². The summed E-state index contributed by atoms with van der Waals surface area (Å²) in [4.78, 5) is 30.2. The molecule has 5 heterocycles. The zero-order valence-corrected chi connectivity index (χ0v) is 18.4. The number of piperazine rings is 1. The van der Waals surface area contributed by atoms with Crippen LogP contribution < -0.4 is 10.2 Å². The number of nitrogens with zero attached hydrogens (tertiary/aromatic N) is 8. The standard InChI is InChI=1S/C23H25N9O/c1-30-13-14-31(23-26-10-4-11-27-23)16-19(30)21-29-28-20-7-6-17(15-32(20)21)22(33)25-12-8-18-5-2-3-9-24-18/h2-7,9-11,15,19H,8,12-14,16H2,1H3,(H,25,33)/t19-/m1/s1. The summed E-state index contributed by atoms with van der Waals surface area (Å²) in [5.74, 6) is 1.36. The first kappa shape index (κ1) is 21.0. The number of anilines is 1. The van der Waals surface area contributed by atoms with E-state index in [0.29, 0.717) is 36.7 Å². The maximum Gasteiger partial charge on any atom is 0.252 e. The molecule has 1 atom stereocenters. The fourth-order valence-corrected chi connectivity index (χ4v) is 4.01. The second kappa shape index (κ2) is 9.29. The Bertz CT molecular complexity index is 1230. The smallest absolute Gasteiger partial charge is 0.252 e. The lowest BCUT2D eigenvalue weighted by Gasteiger charge is -2.38. The summed E-state index contributed by atoms with van der Waals surface area (Å²) in [5.41, 5.74) is 2.21. The van der Waals surface area contributed by atoms with Gasteiger partial charge < -0.3 is 10.2 Å². The van der Waals surface area contributed by atoms with Gasteiger partial charge in [0.05, 0.1) is 11.6 Å². The van der Waals surface area contributed by atoms with Crippen molar-refractivity contribution in [2.45, 2.75) is 12.5 Å². The van der Waals surface area contributed by atoms with Gasteiger partial charge >= 0.3 is 0 Å². The minimum atomic E-state index is -0.135. The van der Waals surface area contributed by atoms with Crippen LogP contribution >= 0.6 is 0 Å². The van der Waals surface area contributed by atoms with Crippen molar-refractivity contribution in [2.75, 3.05) is 38.1 Å². The molecule has 1 aliphatic heterocycles. The predicted octanol–water partition coefficient (Wildman–Crippen LogP) is 1.38. The van der Waals surface area contributed by atoms with Crippen molar-refractivity contribution in [3.05, 3.63) is 78.3 Å². The van der Waals surface area contributed by atoms with Crippen molar-refractivity contribution >= 4 is 17.5 Å². The number of hydrogen-bond acceptors (Lipinski definition) is 8. The second-order valence-electron chi connectivity index (χ2n) is 8.02. The minimum absolute atomic E-state index is 0.0139. The van der Waals surface area contributed by atoms with Crippen LogP contribution in [0.4, 0.5) is 5.95 Å². The molecule has 10 heteroatoms. The quantitative estimate of drug-likeness (QED) is 0.477. The molecule has 5 rings (SSSR count). The third-order valence-electron chi connectivity index (χ3n) is 5.86. The van der Waals surface area contributed by atoms with Crippen LogP contribution in [-0.4, -0.2) is 73.6 Å². The van der Waals surface area contributed by atoms with Gasteiger partial charge in [0.25, 0.3) is 5.91 Å². The van der Waals surface area contributed by atoms with Gasteiger partial charge in [-0.2, -0.15) is 0 Å². The fourth-order valence-electron chi connectivity index (χ4n) is 4.01. The summed E-state index contributed by atoms with van der Waals surface area (Å²) in [6, 6.07) is 11.2. The normalized spacial score (nSPS) is 16.8. The molecular weight excluding hydrogens is 418 g/mol. The van der Waals surface area contributed by atoms with E-state index in [1.54, 1.807) is 24.7 Å². The average molecular weight is 444 g/mol. The number of pyridine rings is 2. The lowest BCUT2D eigenvalue weighted by Crippen LogP contribution is -2.47. The topological polar surface area (TPSA) is 104 Å². The number of fused-ring (bicyclic) bond motifs is 1. The lowest BCUT2D eigenvalue weighted by molar-refractivity contribution is 0.0953. The van der Waals surface area contributed by atoms with Crippen LogP contribution in [0.5, 0.6) is 0 Å². The predicted molar refractivity (Wildman–Crippen MR) is 123 cm³/mol. The molecule has 10 nitrogen and oxygen atoms in total. The first-order valence-corrected chi connectivity index (χ1v) is 10.9. The number of carbonyl (C=O) groups excluding carboxylic acids is 1. The lowest BCUT2D eigenvalue weighted by atomic mass is 10.1. The van der Waals surface area contributed by atoms with Crippen LogP contribution in [0, 0.1) is 0 Å². The zero-order chi connectivity index (χ0) is 22.6. The second-order valence-corrected chi connectivity index (χ2v) is 8.02. The van der Waals surface area contributed by atoms with Crippen LogP contribution in [0.25, 0.3) is 5.65 Å².